The molecule has 2 aromatic rings. The highest BCUT2D eigenvalue weighted by Crippen LogP contribution is 2.37. The van der Waals surface area contributed by atoms with Gasteiger partial charge >= 0.3 is 0 Å². The van der Waals surface area contributed by atoms with Crippen molar-refractivity contribution in [3.63, 3.8) is 0 Å². The number of aryl methyl sites for hydroxylation is 3. The van der Waals surface area contributed by atoms with Crippen LogP contribution in [0.3, 0.4) is 0 Å². The van der Waals surface area contributed by atoms with Crippen LogP contribution in [0.4, 0.5) is 5.69 Å². The maximum atomic E-state index is 8.44. The minimum absolute atomic E-state index is 0.392. The van der Waals surface area contributed by atoms with Crippen molar-refractivity contribution < 1.29 is 0 Å². The van der Waals surface area contributed by atoms with Gasteiger partial charge in [0, 0.05) is 17.3 Å². The van der Waals surface area contributed by atoms with E-state index in [1.807, 2.05) is 34.6 Å². The summed E-state index contributed by atoms with van der Waals surface area (Å²) >= 11 is 0. The van der Waals surface area contributed by atoms with Crippen LogP contribution in [0.25, 0.3) is 5.57 Å². The van der Waals surface area contributed by atoms with Gasteiger partial charge in [0.15, 0.2) is 0 Å². The molecule has 2 saturated carbocycles. The van der Waals surface area contributed by atoms with Crippen molar-refractivity contribution in [3.05, 3.63) is 107 Å². The molecule has 0 heterocycles. The first-order chi connectivity index (χ1) is 22.6. The standard InChI is InChI=1S/C22H29N.C8H10.C7H11N.C4H10.2C2H6/c1-7-19-10-13-21(15(2)3)14-22(19)23-18(6)16(4)8-9-17(5)20-11-12-20;1-7-5-3-4-6-8(7)2;8-6-7-4-2-1-3-5-7;1-3-4-2;2*1-2/h8,10,13-14,20,23H,2,5-7,9,11-12H2,1,3-4H3;3-6H,1-2H3;7H,1-5H2;3-4H2,1-2H3;2*1-2H3/b16-8+;;;;;. The van der Waals surface area contributed by atoms with Crippen LogP contribution in [0.5, 0.6) is 0 Å². The molecule has 1 N–H and O–H groups in total. The minimum Gasteiger partial charge on any atom is -0.356 e. The number of unbranched alkanes of at least 4 members (excludes halogenated alkanes) is 1. The molecular weight excluding hydrogens is 569 g/mol. The van der Waals surface area contributed by atoms with Gasteiger partial charge in [-0.2, -0.15) is 5.26 Å². The SMILES string of the molecule is C=C(Nc1cc(C(=C)C)ccc1CC)/C(C)=C/CC(=C)C1CC1.CC.CC.CCCC.Cc1ccccc1C.N#CC1CCCCC1. The smallest absolute Gasteiger partial charge is 0.0655 e. The predicted molar refractivity (Wildman–Crippen MR) is 215 cm³/mol. The summed E-state index contributed by atoms with van der Waals surface area (Å²) in [6, 6.07) is 17.1. The summed E-state index contributed by atoms with van der Waals surface area (Å²) in [6.07, 6.45) is 15.7. The average molecular weight is 641 g/mol. The van der Waals surface area contributed by atoms with Gasteiger partial charge in [-0.25, -0.2) is 0 Å². The Kier molecular flexibility index (Phi) is 28.1. The molecule has 2 nitrogen and oxygen atoms in total. The predicted octanol–water partition coefficient (Wildman–Crippen LogP) is 14.8. The van der Waals surface area contributed by atoms with Gasteiger partial charge < -0.3 is 5.32 Å². The van der Waals surface area contributed by atoms with Crippen molar-refractivity contribution >= 4 is 11.3 Å². The third-order valence-corrected chi connectivity index (χ3v) is 8.28. The van der Waals surface area contributed by atoms with Crippen molar-refractivity contribution in [2.75, 3.05) is 5.32 Å². The van der Waals surface area contributed by atoms with Crippen LogP contribution in [0.1, 0.15) is 149 Å². The second kappa shape index (κ2) is 28.9. The number of benzene rings is 2. The average Bonchev–Trinajstić information content (AvgIpc) is 3.97. The second-order valence-corrected chi connectivity index (χ2v) is 12.2. The van der Waals surface area contributed by atoms with Gasteiger partial charge in [0.25, 0.3) is 0 Å². The van der Waals surface area contributed by atoms with Crippen LogP contribution < -0.4 is 5.32 Å². The maximum Gasteiger partial charge on any atom is 0.0655 e. The number of allylic oxidation sites excluding steroid dienone is 4. The van der Waals surface area contributed by atoms with E-state index in [-0.39, 0.29) is 0 Å². The highest BCUT2D eigenvalue weighted by Gasteiger charge is 2.23. The van der Waals surface area contributed by atoms with Gasteiger partial charge in [0.2, 0.25) is 0 Å². The Labute approximate surface area is 293 Å². The summed E-state index contributed by atoms with van der Waals surface area (Å²) in [7, 11) is 0. The van der Waals surface area contributed by atoms with Gasteiger partial charge in [-0.15, -0.1) is 0 Å². The molecule has 0 atom stereocenters. The van der Waals surface area contributed by atoms with Gasteiger partial charge in [-0.1, -0.05) is 154 Å². The molecular formula is C45H72N2. The highest BCUT2D eigenvalue weighted by atomic mass is 14.9. The fourth-order valence-electron chi connectivity index (χ4n) is 4.49. The summed E-state index contributed by atoms with van der Waals surface area (Å²) in [5.74, 6) is 1.16. The zero-order chi connectivity index (χ0) is 36.2. The fraction of sp³-hybridized carbons (Fsp3) is 0.533. The van der Waals surface area contributed by atoms with E-state index in [2.05, 4.69) is 121 Å². The Balaban J connectivity index is 0. The van der Waals surface area contributed by atoms with E-state index in [4.69, 9.17) is 5.26 Å². The van der Waals surface area contributed by atoms with E-state index in [0.717, 1.165) is 48.6 Å². The molecule has 4 rings (SSSR count). The quantitative estimate of drug-likeness (QED) is 0.219. The summed E-state index contributed by atoms with van der Waals surface area (Å²) in [6.45, 7) is 35.4. The molecule has 0 spiro atoms. The Bertz CT molecular complexity index is 1190. The van der Waals surface area contributed by atoms with E-state index < -0.39 is 0 Å². The van der Waals surface area contributed by atoms with E-state index in [1.165, 1.54) is 78.3 Å². The molecule has 0 bridgehead atoms. The van der Waals surface area contributed by atoms with Crippen LogP contribution in [-0.2, 0) is 6.42 Å². The van der Waals surface area contributed by atoms with Crippen LogP contribution in [0.15, 0.2) is 85.1 Å². The normalized spacial score (nSPS) is 13.4. The number of rotatable bonds is 9. The molecule has 0 saturated heterocycles. The highest BCUT2D eigenvalue weighted by molar-refractivity contribution is 5.69. The topological polar surface area (TPSA) is 35.8 Å². The van der Waals surface area contributed by atoms with Gasteiger partial charge in [0.05, 0.1) is 6.07 Å². The zero-order valence-corrected chi connectivity index (χ0v) is 32.6. The second-order valence-electron chi connectivity index (χ2n) is 12.2. The Morgan fingerprint density at radius 1 is 0.830 bits per heavy atom. The lowest BCUT2D eigenvalue weighted by Crippen LogP contribution is -2.03. The first-order valence-electron chi connectivity index (χ1n) is 18.6. The summed E-state index contributed by atoms with van der Waals surface area (Å²) < 4.78 is 0. The summed E-state index contributed by atoms with van der Waals surface area (Å²) in [5, 5.41) is 11.9. The van der Waals surface area contributed by atoms with Crippen molar-refractivity contribution in [2.45, 2.75) is 147 Å². The Morgan fingerprint density at radius 3 is 1.74 bits per heavy atom. The number of nitrogens with one attached hydrogen (secondary N) is 1. The van der Waals surface area contributed by atoms with Crippen LogP contribution in [0.2, 0.25) is 0 Å². The molecule has 2 heteroatoms. The molecule has 2 aliphatic carbocycles. The molecule has 0 aliphatic heterocycles. The molecule has 47 heavy (non-hydrogen) atoms. The van der Waals surface area contributed by atoms with Crippen LogP contribution in [0, 0.1) is 37.0 Å². The molecule has 2 aliphatic rings. The molecule has 0 unspecified atom stereocenters. The number of nitrogens with zero attached hydrogens (tertiary/aromatic N) is 1. The van der Waals surface area contributed by atoms with E-state index >= 15 is 0 Å². The Morgan fingerprint density at radius 2 is 1.36 bits per heavy atom. The molecule has 2 aromatic carbocycles. The first-order valence-corrected chi connectivity index (χ1v) is 18.6. The van der Waals surface area contributed by atoms with Crippen LogP contribution in [-0.4, -0.2) is 0 Å². The van der Waals surface area contributed by atoms with Gasteiger partial charge in [0.1, 0.15) is 0 Å². The molecule has 262 valence electrons. The van der Waals surface area contributed by atoms with Crippen molar-refractivity contribution in [2.24, 2.45) is 11.8 Å². The lowest BCUT2D eigenvalue weighted by atomic mass is 9.91. The fourth-order valence-corrected chi connectivity index (χ4v) is 4.49. The minimum atomic E-state index is 0.392. The Hall–Kier alpha value is -3.31. The number of hydrogen-bond donors (Lipinski definition) is 1. The largest absolute Gasteiger partial charge is 0.356 e. The van der Waals surface area contributed by atoms with Gasteiger partial charge in [-0.05, 0) is 106 Å². The van der Waals surface area contributed by atoms with E-state index in [1.54, 1.807) is 0 Å². The molecule has 0 radical (unpaired) electrons. The maximum absolute atomic E-state index is 8.44. The van der Waals surface area contributed by atoms with Crippen molar-refractivity contribution in [3.8, 4) is 6.07 Å². The zero-order valence-electron chi connectivity index (χ0n) is 32.6. The van der Waals surface area contributed by atoms with E-state index in [9.17, 15) is 0 Å². The molecule has 0 amide bonds. The van der Waals surface area contributed by atoms with Crippen molar-refractivity contribution in [1.82, 2.24) is 0 Å². The molecule has 0 aromatic heterocycles. The summed E-state index contributed by atoms with van der Waals surface area (Å²) in [4.78, 5) is 0. The van der Waals surface area contributed by atoms with Crippen LogP contribution >= 0.6 is 0 Å². The number of nitriles is 1. The van der Waals surface area contributed by atoms with Crippen molar-refractivity contribution in [1.29, 1.82) is 5.26 Å². The lowest BCUT2D eigenvalue weighted by Gasteiger charge is -2.16. The third kappa shape index (κ3) is 21.2. The van der Waals surface area contributed by atoms with E-state index in [0.29, 0.717) is 5.92 Å². The monoisotopic (exact) mass is 641 g/mol. The number of anilines is 1. The molecule has 2 fully saturated rings. The first kappa shape index (κ1) is 45.8. The van der Waals surface area contributed by atoms with Gasteiger partial charge in [-0.3, -0.25) is 0 Å². The number of hydrogen-bond acceptors (Lipinski definition) is 2. The summed E-state index contributed by atoms with van der Waals surface area (Å²) in [5.41, 5.74) is 10.9. The third-order valence-electron chi connectivity index (χ3n) is 8.28. The lowest BCUT2D eigenvalue weighted by molar-refractivity contribution is 0.427.